The molecule has 0 spiro atoms. The predicted octanol–water partition coefficient (Wildman–Crippen LogP) is 3.93. The Morgan fingerprint density at radius 2 is 1.94 bits per heavy atom. The Labute approximate surface area is 113 Å². The number of hydrogen-bond donors (Lipinski definition) is 1. The van der Waals surface area contributed by atoms with E-state index in [0.29, 0.717) is 28.4 Å². The Bertz CT molecular complexity index is 371. The van der Waals surface area contributed by atoms with Gasteiger partial charge in [0.1, 0.15) is 6.61 Å². The highest BCUT2D eigenvalue weighted by molar-refractivity contribution is 6.37. The number of benzene rings is 1. The molecule has 17 heavy (non-hydrogen) atoms. The van der Waals surface area contributed by atoms with Crippen LogP contribution in [0, 0.1) is 0 Å². The molecule has 0 aliphatic carbocycles. The maximum absolute atomic E-state index is 5.99. The maximum Gasteiger partial charge on any atom is 0.156 e. The molecule has 0 amide bonds. The van der Waals surface area contributed by atoms with Gasteiger partial charge in [0.05, 0.1) is 10.0 Å². The molecular weight excluding hydrogens is 257 g/mol. The van der Waals surface area contributed by atoms with Gasteiger partial charge < -0.3 is 10.1 Å². The summed E-state index contributed by atoms with van der Waals surface area (Å²) in [7, 11) is 0. The van der Waals surface area contributed by atoms with Crippen LogP contribution in [0.15, 0.2) is 30.4 Å². The maximum atomic E-state index is 5.99. The van der Waals surface area contributed by atoms with Crippen LogP contribution in [0.1, 0.15) is 13.8 Å². The Balaban J connectivity index is 2.47. The van der Waals surface area contributed by atoms with Gasteiger partial charge in [-0.3, -0.25) is 0 Å². The number of halogens is 2. The lowest BCUT2D eigenvalue weighted by atomic mass is 10.3. The van der Waals surface area contributed by atoms with E-state index in [9.17, 15) is 0 Å². The lowest BCUT2D eigenvalue weighted by Crippen LogP contribution is -2.26. The Hall–Kier alpha value is -0.700. The molecule has 0 radical (unpaired) electrons. The third kappa shape index (κ3) is 4.99. The second kappa shape index (κ2) is 6.90. The van der Waals surface area contributed by atoms with Crippen LogP contribution in [-0.4, -0.2) is 19.2 Å². The van der Waals surface area contributed by atoms with Crippen molar-refractivity contribution < 1.29 is 4.74 Å². The van der Waals surface area contributed by atoms with Crippen molar-refractivity contribution in [3.63, 3.8) is 0 Å². The van der Waals surface area contributed by atoms with Crippen LogP contribution in [0.5, 0.6) is 5.75 Å². The van der Waals surface area contributed by atoms with Gasteiger partial charge in [0.2, 0.25) is 0 Å². The zero-order valence-corrected chi connectivity index (χ0v) is 11.6. The fraction of sp³-hybridized carbons (Fsp3) is 0.385. The first-order chi connectivity index (χ1) is 8.00. The largest absolute Gasteiger partial charge is 0.486 e. The summed E-state index contributed by atoms with van der Waals surface area (Å²) in [6, 6.07) is 5.71. The van der Waals surface area contributed by atoms with E-state index in [1.54, 1.807) is 18.2 Å². The Kier molecular flexibility index (Phi) is 5.83. The van der Waals surface area contributed by atoms with E-state index < -0.39 is 0 Å². The van der Waals surface area contributed by atoms with Gasteiger partial charge in [-0.15, -0.1) is 0 Å². The lowest BCUT2D eigenvalue weighted by molar-refractivity contribution is 0.347. The first kappa shape index (κ1) is 14.4. The summed E-state index contributed by atoms with van der Waals surface area (Å²) in [5.41, 5.74) is 0.953. The molecule has 94 valence electrons. The summed E-state index contributed by atoms with van der Waals surface area (Å²) < 4.78 is 5.56. The predicted molar refractivity (Wildman–Crippen MR) is 74.2 cm³/mol. The SMILES string of the molecule is C=C(CNC(C)C)COc1c(Cl)cccc1Cl. The van der Waals surface area contributed by atoms with Crippen LogP contribution in [0.25, 0.3) is 0 Å². The first-order valence-electron chi connectivity index (χ1n) is 5.47. The molecule has 1 rings (SSSR count). The van der Waals surface area contributed by atoms with Crippen molar-refractivity contribution in [2.45, 2.75) is 19.9 Å². The molecule has 1 N–H and O–H groups in total. The molecule has 0 bridgehead atoms. The van der Waals surface area contributed by atoms with E-state index >= 15 is 0 Å². The minimum atomic E-state index is 0.406. The molecule has 4 heteroatoms. The second-order valence-electron chi connectivity index (χ2n) is 4.13. The summed E-state index contributed by atoms with van der Waals surface area (Å²) in [6.07, 6.45) is 0. The molecular formula is C13H17Cl2NO. The summed E-state index contributed by atoms with van der Waals surface area (Å²) >= 11 is 12.0. The monoisotopic (exact) mass is 273 g/mol. The average Bonchev–Trinajstić information content (AvgIpc) is 2.25. The van der Waals surface area contributed by atoms with Crippen molar-refractivity contribution in [2.75, 3.05) is 13.2 Å². The smallest absolute Gasteiger partial charge is 0.156 e. The fourth-order valence-corrected chi connectivity index (χ4v) is 1.70. The molecule has 0 fully saturated rings. The number of nitrogens with one attached hydrogen (secondary N) is 1. The van der Waals surface area contributed by atoms with E-state index in [1.165, 1.54) is 0 Å². The minimum Gasteiger partial charge on any atom is -0.486 e. The highest BCUT2D eigenvalue weighted by Crippen LogP contribution is 2.32. The van der Waals surface area contributed by atoms with Gasteiger partial charge in [0.15, 0.2) is 5.75 Å². The molecule has 0 unspecified atom stereocenters. The zero-order chi connectivity index (χ0) is 12.8. The second-order valence-corrected chi connectivity index (χ2v) is 4.94. The van der Waals surface area contributed by atoms with Gasteiger partial charge in [-0.05, 0) is 17.7 Å². The summed E-state index contributed by atoms with van der Waals surface area (Å²) in [5.74, 6) is 0.515. The van der Waals surface area contributed by atoms with Gasteiger partial charge in [-0.2, -0.15) is 0 Å². The van der Waals surface area contributed by atoms with Crippen molar-refractivity contribution in [1.29, 1.82) is 0 Å². The van der Waals surface area contributed by atoms with E-state index in [-0.39, 0.29) is 0 Å². The molecule has 0 saturated carbocycles. The number of rotatable bonds is 6. The van der Waals surface area contributed by atoms with Crippen LogP contribution in [0.2, 0.25) is 10.0 Å². The molecule has 0 aliphatic heterocycles. The Morgan fingerprint density at radius 3 is 2.47 bits per heavy atom. The van der Waals surface area contributed by atoms with E-state index in [0.717, 1.165) is 12.1 Å². The molecule has 0 heterocycles. The van der Waals surface area contributed by atoms with Crippen molar-refractivity contribution in [2.24, 2.45) is 0 Å². The van der Waals surface area contributed by atoms with Crippen molar-refractivity contribution in [1.82, 2.24) is 5.32 Å². The van der Waals surface area contributed by atoms with Crippen LogP contribution in [0.4, 0.5) is 0 Å². The van der Waals surface area contributed by atoms with Crippen molar-refractivity contribution in [3.05, 3.63) is 40.4 Å². The Morgan fingerprint density at radius 1 is 1.35 bits per heavy atom. The number of hydrogen-bond acceptors (Lipinski definition) is 2. The minimum absolute atomic E-state index is 0.406. The van der Waals surface area contributed by atoms with Gasteiger partial charge in [-0.25, -0.2) is 0 Å². The van der Waals surface area contributed by atoms with Gasteiger partial charge in [-0.1, -0.05) is 49.7 Å². The van der Waals surface area contributed by atoms with Gasteiger partial charge in [0, 0.05) is 12.6 Å². The number of para-hydroxylation sites is 1. The molecule has 1 aromatic carbocycles. The normalized spacial score (nSPS) is 10.6. The van der Waals surface area contributed by atoms with Gasteiger partial charge in [0.25, 0.3) is 0 Å². The van der Waals surface area contributed by atoms with E-state index in [2.05, 4.69) is 25.7 Å². The van der Waals surface area contributed by atoms with Crippen LogP contribution in [0.3, 0.4) is 0 Å². The fourth-order valence-electron chi connectivity index (χ4n) is 1.19. The lowest BCUT2D eigenvalue weighted by Gasteiger charge is -2.13. The topological polar surface area (TPSA) is 21.3 Å². The molecule has 0 aromatic heterocycles. The van der Waals surface area contributed by atoms with E-state index in [1.807, 2.05) is 0 Å². The molecule has 1 aromatic rings. The molecule has 0 saturated heterocycles. The standard InChI is InChI=1S/C13H17Cl2NO/c1-9(2)16-7-10(3)8-17-13-11(14)5-4-6-12(13)15/h4-6,9,16H,3,7-8H2,1-2H3. The summed E-state index contributed by atoms with van der Waals surface area (Å²) in [4.78, 5) is 0. The molecule has 0 aliphatic rings. The van der Waals surface area contributed by atoms with E-state index in [4.69, 9.17) is 27.9 Å². The summed E-state index contributed by atoms with van der Waals surface area (Å²) in [5, 5.41) is 4.30. The van der Waals surface area contributed by atoms with Crippen molar-refractivity contribution in [3.8, 4) is 5.75 Å². The third-order valence-corrected chi connectivity index (χ3v) is 2.70. The van der Waals surface area contributed by atoms with Crippen LogP contribution < -0.4 is 10.1 Å². The first-order valence-corrected chi connectivity index (χ1v) is 6.23. The molecule has 0 atom stereocenters. The zero-order valence-electron chi connectivity index (χ0n) is 10.1. The highest BCUT2D eigenvalue weighted by Gasteiger charge is 2.07. The quantitative estimate of drug-likeness (QED) is 0.794. The van der Waals surface area contributed by atoms with Gasteiger partial charge >= 0.3 is 0 Å². The highest BCUT2D eigenvalue weighted by atomic mass is 35.5. The number of ether oxygens (including phenoxy) is 1. The molecule has 2 nitrogen and oxygen atoms in total. The summed E-state index contributed by atoms with van der Waals surface area (Å²) in [6.45, 7) is 9.22. The van der Waals surface area contributed by atoms with Crippen LogP contribution in [-0.2, 0) is 0 Å². The van der Waals surface area contributed by atoms with Crippen LogP contribution >= 0.6 is 23.2 Å². The average molecular weight is 274 g/mol. The van der Waals surface area contributed by atoms with Crippen molar-refractivity contribution >= 4 is 23.2 Å². The third-order valence-electron chi connectivity index (χ3n) is 2.10.